The van der Waals surface area contributed by atoms with Crippen LogP contribution in [0.25, 0.3) is 0 Å². The van der Waals surface area contributed by atoms with Gasteiger partial charge in [0, 0.05) is 31.5 Å². The largest absolute Gasteiger partial charge is 0.335 e. The van der Waals surface area contributed by atoms with Crippen molar-refractivity contribution in [3.63, 3.8) is 0 Å². The van der Waals surface area contributed by atoms with Gasteiger partial charge >= 0.3 is 0 Å². The molecule has 0 unspecified atom stereocenters. The number of nitrogens with zero attached hydrogens (tertiary/aromatic N) is 2. The van der Waals surface area contributed by atoms with Gasteiger partial charge in [0.25, 0.3) is 5.91 Å². The fraction of sp³-hybridized carbons (Fsp3) is 0.227. The van der Waals surface area contributed by atoms with Gasteiger partial charge in [0.05, 0.1) is 5.69 Å². The third-order valence-corrected chi connectivity index (χ3v) is 4.55. The average Bonchev–Trinajstić information content (AvgIpc) is 3.03. The smallest absolute Gasteiger partial charge is 0.254 e. The fourth-order valence-electron chi connectivity index (χ4n) is 3.17. The van der Waals surface area contributed by atoms with Crippen molar-refractivity contribution in [1.82, 2.24) is 4.90 Å². The molecule has 0 aromatic heterocycles. The Balaban J connectivity index is 1.77. The molecule has 27 heavy (non-hydrogen) atoms. The molecule has 3 rings (SSSR count). The van der Waals surface area contributed by atoms with Crippen LogP contribution in [-0.2, 0) is 16.0 Å². The second-order valence-electron chi connectivity index (χ2n) is 6.45. The first-order chi connectivity index (χ1) is 13.1. The normalized spacial score (nSPS) is 13.7. The molecule has 1 heterocycles. The molecule has 0 saturated carbocycles. The maximum atomic E-state index is 13.0. The molecular weight excluding hydrogens is 340 g/mol. The van der Waals surface area contributed by atoms with E-state index in [0.29, 0.717) is 24.3 Å². The first-order valence-electron chi connectivity index (χ1n) is 9.00. The van der Waals surface area contributed by atoms with Crippen molar-refractivity contribution in [2.24, 2.45) is 0 Å². The van der Waals surface area contributed by atoms with E-state index >= 15 is 0 Å². The minimum atomic E-state index is -0.225. The van der Waals surface area contributed by atoms with E-state index in [1.165, 1.54) is 4.90 Å². The molecule has 1 aliphatic rings. The molecule has 5 nitrogen and oxygen atoms in total. The van der Waals surface area contributed by atoms with Crippen molar-refractivity contribution in [3.05, 3.63) is 78.4 Å². The lowest BCUT2D eigenvalue weighted by Gasteiger charge is -2.22. The number of imide groups is 1. The van der Waals surface area contributed by atoms with Gasteiger partial charge in [0.2, 0.25) is 11.8 Å². The summed E-state index contributed by atoms with van der Waals surface area (Å²) in [5.74, 6) is -0.597. The third kappa shape index (κ3) is 4.31. The summed E-state index contributed by atoms with van der Waals surface area (Å²) >= 11 is 0. The molecule has 5 heteroatoms. The summed E-state index contributed by atoms with van der Waals surface area (Å²) in [6, 6.07) is 16.7. The Kier molecular flexibility index (Phi) is 5.81. The van der Waals surface area contributed by atoms with Crippen LogP contribution in [-0.4, -0.2) is 35.7 Å². The summed E-state index contributed by atoms with van der Waals surface area (Å²) in [5, 5.41) is 0. The number of carbonyl (C=O) groups excluding carboxylic acids is 3. The highest BCUT2D eigenvalue weighted by molar-refractivity contribution is 6.20. The molecule has 1 aliphatic heterocycles. The Bertz CT molecular complexity index is 845. The predicted molar refractivity (Wildman–Crippen MR) is 104 cm³/mol. The molecular formula is C22H22N2O3. The molecule has 138 valence electrons. The van der Waals surface area contributed by atoms with E-state index in [9.17, 15) is 14.4 Å². The molecule has 0 aliphatic carbocycles. The molecule has 1 fully saturated rings. The van der Waals surface area contributed by atoms with Gasteiger partial charge < -0.3 is 4.90 Å². The Morgan fingerprint density at radius 1 is 1.04 bits per heavy atom. The van der Waals surface area contributed by atoms with Crippen LogP contribution in [0.3, 0.4) is 0 Å². The van der Waals surface area contributed by atoms with Crippen LogP contribution in [0.15, 0.2) is 67.3 Å². The Morgan fingerprint density at radius 2 is 1.74 bits per heavy atom. The van der Waals surface area contributed by atoms with Crippen molar-refractivity contribution >= 4 is 23.4 Å². The zero-order chi connectivity index (χ0) is 19.2. The summed E-state index contributed by atoms with van der Waals surface area (Å²) in [6.07, 6.45) is 2.87. The number of rotatable bonds is 7. The third-order valence-electron chi connectivity index (χ3n) is 4.55. The molecule has 0 atom stereocenters. The van der Waals surface area contributed by atoms with Gasteiger partial charge in [-0.1, -0.05) is 42.5 Å². The first-order valence-corrected chi connectivity index (χ1v) is 9.00. The maximum Gasteiger partial charge on any atom is 0.254 e. The lowest BCUT2D eigenvalue weighted by Crippen LogP contribution is -2.33. The maximum absolute atomic E-state index is 13.0. The second-order valence-corrected chi connectivity index (χ2v) is 6.45. The van der Waals surface area contributed by atoms with Crippen molar-refractivity contribution < 1.29 is 14.4 Å². The Morgan fingerprint density at radius 3 is 2.41 bits per heavy atom. The molecule has 2 aromatic rings. The topological polar surface area (TPSA) is 57.7 Å². The first kappa shape index (κ1) is 18.6. The van der Waals surface area contributed by atoms with E-state index < -0.39 is 0 Å². The zero-order valence-corrected chi connectivity index (χ0v) is 15.1. The molecule has 2 aromatic carbocycles. The van der Waals surface area contributed by atoms with Crippen molar-refractivity contribution in [1.29, 1.82) is 0 Å². The monoisotopic (exact) mass is 362 g/mol. The lowest BCUT2D eigenvalue weighted by atomic mass is 10.1. The molecule has 0 spiro atoms. The standard InChI is InChI=1S/C22H22N2O3/c1-2-14-23(15-13-17-7-4-3-5-8-17)22(27)18-9-6-10-19(16-18)24-20(25)11-12-21(24)26/h2-10,16H,1,11-15H2. The van der Waals surface area contributed by atoms with Crippen LogP contribution < -0.4 is 4.90 Å². The van der Waals surface area contributed by atoms with E-state index in [1.807, 2.05) is 30.3 Å². The van der Waals surface area contributed by atoms with E-state index in [2.05, 4.69) is 6.58 Å². The number of amides is 3. The van der Waals surface area contributed by atoms with Crippen LogP contribution in [0.4, 0.5) is 5.69 Å². The highest BCUT2D eigenvalue weighted by atomic mass is 16.2. The zero-order valence-electron chi connectivity index (χ0n) is 15.1. The van der Waals surface area contributed by atoms with Gasteiger partial charge in [-0.15, -0.1) is 6.58 Å². The Labute approximate surface area is 158 Å². The van der Waals surface area contributed by atoms with Gasteiger partial charge in [-0.3, -0.25) is 19.3 Å². The van der Waals surface area contributed by atoms with E-state index in [-0.39, 0.29) is 30.6 Å². The van der Waals surface area contributed by atoms with Gasteiger partial charge in [0.15, 0.2) is 0 Å². The van der Waals surface area contributed by atoms with Gasteiger partial charge in [-0.2, -0.15) is 0 Å². The molecule has 0 N–H and O–H groups in total. The van der Waals surface area contributed by atoms with Crippen LogP contribution in [0.2, 0.25) is 0 Å². The summed E-state index contributed by atoms with van der Waals surface area (Å²) in [6.45, 7) is 4.72. The van der Waals surface area contributed by atoms with Crippen molar-refractivity contribution in [2.45, 2.75) is 19.3 Å². The van der Waals surface area contributed by atoms with Crippen LogP contribution in [0.1, 0.15) is 28.8 Å². The summed E-state index contributed by atoms with van der Waals surface area (Å²) < 4.78 is 0. The highest BCUT2D eigenvalue weighted by Crippen LogP contribution is 2.24. The molecule has 0 bridgehead atoms. The second kappa shape index (κ2) is 8.45. The van der Waals surface area contributed by atoms with Crippen LogP contribution >= 0.6 is 0 Å². The van der Waals surface area contributed by atoms with E-state index in [1.54, 1.807) is 35.2 Å². The lowest BCUT2D eigenvalue weighted by molar-refractivity contribution is -0.121. The molecule has 0 radical (unpaired) electrons. The van der Waals surface area contributed by atoms with Crippen LogP contribution in [0.5, 0.6) is 0 Å². The van der Waals surface area contributed by atoms with Crippen LogP contribution in [0, 0.1) is 0 Å². The molecule has 3 amide bonds. The minimum absolute atomic E-state index is 0.147. The number of hydrogen-bond donors (Lipinski definition) is 0. The summed E-state index contributed by atoms with van der Waals surface area (Å²) in [4.78, 5) is 39.8. The summed E-state index contributed by atoms with van der Waals surface area (Å²) in [7, 11) is 0. The number of carbonyl (C=O) groups is 3. The SMILES string of the molecule is C=CCN(CCc1ccccc1)C(=O)c1cccc(N2C(=O)CCC2=O)c1. The molecule has 1 saturated heterocycles. The van der Waals surface area contributed by atoms with E-state index in [0.717, 1.165) is 12.0 Å². The summed E-state index contributed by atoms with van der Waals surface area (Å²) in [5.41, 5.74) is 2.06. The highest BCUT2D eigenvalue weighted by Gasteiger charge is 2.30. The quantitative estimate of drug-likeness (QED) is 0.561. The minimum Gasteiger partial charge on any atom is -0.335 e. The number of benzene rings is 2. The van der Waals surface area contributed by atoms with Crippen molar-refractivity contribution in [3.8, 4) is 0 Å². The average molecular weight is 362 g/mol. The number of anilines is 1. The van der Waals surface area contributed by atoms with Crippen molar-refractivity contribution in [2.75, 3.05) is 18.0 Å². The fourth-order valence-corrected chi connectivity index (χ4v) is 3.17. The van der Waals surface area contributed by atoms with Gasteiger partial charge in [-0.25, -0.2) is 0 Å². The van der Waals surface area contributed by atoms with Gasteiger partial charge in [0.1, 0.15) is 0 Å². The predicted octanol–water partition coefficient (Wildman–Crippen LogP) is 3.21. The van der Waals surface area contributed by atoms with E-state index in [4.69, 9.17) is 0 Å². The van der Waals surface area contributed by atoms with Gasteiger partial charge in [-0.05, 0) is 30.2 Å². The Hall–Kier alpha value is -3.21. The number of hydrogen-bond acceptors (Lipinski definition) is 3.